The Morgan fingerprint density at radius 2 is 1.90 bits per heavy atom. The predicted molar refractivity (Wildman–Crippen MR) is 157 cm³/mol. The number of aliphatic carboxylic acids is 1. The lowest BCUT2D eigenvalue weighted by Gasteiger charge is -2.47. The first-order valence-electron chi connectivity index (χ1n) is 14.7. The van der Waals surface area contributed by atoms with E-state index in [1.807, 2.05) is 12.1 Å². The molecule has 0 bridgehead atoms. The third-order valence-electron chi connectivity index (χ3n) is 9.69. The Morgan fingerprint density at radius 1 is 1.10 bits per heavy atom. The van der Waals surface area contributed by atoms with Crippen LogP contribution in [0, 0.1) is 11.8 Å². The number of benzene rings is 2. The molecule has 3 aromatic rings. The van der Waals surface area contributed by atoms with Crippen LogP contribution in [0.15, 0.2) is 54.9 Å². The first kappa shape index (κ1) is 27.1. The van der Waals surface area contributed by atoms with Gasteiger partial charge in [0, 0.05) is 16.3 Å². The molecule has 2 N–H and O–H groups in total. The van der Waals surface area contributed by atoms with Gasteiger partial charge in [0.25, 0.3) is 0 Å². The lowest BCUT2D eigenvalue weighted by atomic mass is 9.59. The number of anilines is 1. The second-order valence-corrected chi connectivity index (χ2v) is 12.6. The van der Waals surface area contributed by atoms with Crippen LogP contribution in [0.5, 0.6) is 5.88 Å². The van der Waals surface area contributed by atoms with E-state index in [9.17, 15) is 9.90 Å². The van der Waals surface area contributed by atoms with Gasteiger partial charge in [0.05, 0.1) is 12.3 Å². The standard InChI is InChI=1S/C33H38ClN3O3/c1-22(20-40-30-27-10-3-5-12-29(27)35-21-36-30)17-24-18-23-7-2-4-11-28(23)32(24)13-15-33(16-14-32,31(38)39)37-26-9-6-8-25(34)19-26/h2,4,6-9,11,19,21-22,24,37H,3,5,10,12-18,20H2,1H3,(H,38,39)/t22-,24?,32?,33?/m1/s1. The monoisotopic (exact) mass is 559 g/mol. The number of carboxylic acids is 1. The first-order valence-corrected chi connectivity index (χ1v) is 15.1. The van der Waals surface area contributed by atoms with Gasteiger partial charge in [-0.05, 0) is 111 Å². The summed E-state index contributed by atoms with van der Waals surface area (Å²) >= 11 is 6.20. The van der Waals surface area contributed by atoms with E-state index in [0.29, 0.717) is 36.3 Å². The van der Waals surface area contributed by atoms with Crippen molar-refractivity contribution < 1.29 is 14.6 Å². The zero-order valence-electron chi connectivity index (χ0n) is 23.2. The van der Waals surface area contributed by atoms with E-state index in [1.165, 1.54) is 29.5 Å². The number of nitrogens with zero attached hydrogens (tertiary/aromatic N) is 2. The number of aryl methyl sites for hydroxylation is 1. The van der Waals surface area contributed by atoms with E-state index in [0.717, 1.165) is 55.8 Å². The van der Waals surface area contributed by atoms with Gasteiger partial charge in [-0.3, -0.25) is 0 Å². The van der Waals surface area contributed by atoms with E-state index < -0.39 is 11.5 Å². The zero-order chi connectivity index (χ0) is 27.7. The molecule has 0 radical (unpaired) electrons. The summed E-state index contributed by atoms with van der Waals surface area (Å²) < 4.78 is 6.32. The molecule has 0 saturated heterocycles. The number of fused-ring (bicyclic) bond motifs is 3. The molecule has 6 rings (SSSR count). The van der Waals surface area contributed by atoms with Crippen LogP contribution >= 0.6 is 11.6 Å². The highest BCUT2D eigenvalue weighted by Crippen LogP contribution is 2.56. The Bertz CT molecular complexity index is 1380. The molecule has 3 aliphatic rings. The average molecular weight is 560 g/mol. The molecule has 3 aliphatic carbocycles. The van der Waals surface area contributed by atoms with Crippen LogP contribution in [0.4, 0.5) is 5.69 Å². The van der Waals surface area contributed by atoms with Gasteiger partial charge in [-0.1, -0.05) is 48.9 Å². The van der Waals surface area contributed by atoms with Crippen LogP contribution < -0.4 is 10.1 Å². The fourth-order valence-corrected chi connectivity index (χ4v) is 7.79. The summed E-state index contributed by atoms with van der Waals surface area (Å²) in [4.78, 5) is 21.6. The number of hydrogen-bond acceptors (Lipinski definition) is 5. The number of nitrogens with one attached hydrogen (secondary N) is 1. The largest absolute Gasteiger partial charge is 0.480 e. The number of carbonyl (C=O) groups is 1. The fourth-order valence-electron chi connectivity index (χ4n) is 7.60. The molecule has 2 atom stereocenters. The molecule has 40 heavy (non-hydrogen) atoms. The van der Waals surface area contributed by atoms with Crippen LogP contribution in [0.25, 0.3) is 0 Å². The number of halogens is 1. The van der Waals surface area contributed by atoms with Crippen LogP contribution in [-0.4, -0.2) is 33.2 Å². The van der Waals surface area contributed by atoms with Gasteiger partial charge in [0.2, 0.25) is 5.88 Å². The van der Waals surface area contributed by atoms with Crippen LogP contribution in [0.2, 0.25) is 5.02 Å². The van der Waals surface area contributed by atoms with Gasteiger partial charge in [0.1, 0.15) is 11.9 Å². The molecule has 0 amide bonds. The molecule has 1 fully saturated rings. The smallest absolute Gasteiger partial charge is 0.329 e. The van der Waals surface area contributed by atoms with E-state index in [-0.39, 0.29) is 5.41 Å². The third-order valence-corrected chi connectivity index (χ3v) is 9.93. The summed E-state index contributed by atoms with van der Waals surface area (Å²) in [6.07, 6.45) is 10.9. The van der Waals surface area contributed by atoms with E-state index in [1.54, 1.807) is 18.5 Å². The maximum absolute atomic E-state index is 12.7. The van der Waals surface area contributed by atoms with E-state index in [2.05, 4.69) is 46.5 Å². The maximum Gasteiger partial charge on any atom is 0.329 e. The lowest BCUT2D eigenvalue weighted by Crippen LogP contribution is -2.53. The lowest BCUT2D eigenvalue weighted by molar-refractivity contribution is -0.144. The minimum absolute atomic E-state index is 0.0199. The number of aromatic nitrogens is 2. The predicted octanol–water partition coefficient (Wildman–Crippen LogP) is 7.03. The molecule has 1 spiro atoms. The highest BCUT2D eigenvalue weighted by Gasteiger charge is 2.54. The summed E-state index contributed by atoms with van der Waals surface area (Å²) in [5.74, 6) is 0.763. The van der Waals surface area contributed by atoms with Gasteiger partial charge < -0.3 is 15.2 Å². The highest BCUT2D eigenvalue weighted by atomic mass is 35.5. The van der Waals surface area contributed by atoms with E-state index in [4.69, 9.17) is 16.3 Å². The van der Waals surface area contributed by atoms with Crippen LogP contribution in [-0.2, 0) is 29.5 Å². The summed E-state index contributed by atoms with van der Waals surface area (Å²) in [6, 6.07) is 16.2. The van der Waals surface area contributed by atoms with Gasteiger partial charge in [-0.2, -0.15) is 0 Å². The zero-order valence-corrected chi connectivity index (χ0v) is 23.9. The molecule has 1 saturated carbocycles. The van der Waals surface area contributed by atoms with Crippen molar-refractivity contribution >= 4 is 23.3 Å². The summed E-state index contributed by atoms with van der Waals surface area (Å²) in [7, 11) is 0. The molecule has 210 valence electrons. The topological polar surface area (TPSA) is 84.3 Å². The van der Waals surface area contributed by atoms with Crippen LogP contribution in [0.3, 0.4) is 0 Å². The van der Waals surface area contributed by atoms with Crippen molar-refractivity contribution in [2.45, 2.75) is 82.1 Å². The third kappa shape index (κ3) is 5.07. The molecule has 0 aliphatic heterocycles. The van der Waals surface area contributed by atoms with Gasteiger partial charge >= 0.3 is 5.97 Å². The molecule has 1 aromatic heterocycles. The number of rotatable bonds is 8. The Hall–Kier alpha value is -3.12. The minimum atomic E-state index is -1.00. The van der Waals surface area contributed by atoms with Crippen molar-refractivity contribution in [3.63, 3.8) is 0 Å². The Kier molecular flexibility index (Phi) is 7.47. The number of ether oxygens (including phenoxy) is 1. The molecule has 2 aromatic carbocycles. The summed E-state index contributed by atoms with van der Waals surface area (Å²) in [5.41, 5.74) is 4.90. The van der Waals surface area contributed by atoms with Gasteiger partial charge in [-0.25, -0.2) is 14.8 Å². The number of hydrogen-bond donors (Lipinski definition) is 2. The second kappa shape index (κ2) is 11.0. The molecular weight excluding hydrogens is 522 g/mol. The maximum atomic E-state index is 12.7. The summed E-state index contributed by atoms with van der Waals surface area (Å²) in [6.45, 7) is 2.90. The second-order valence-electron chi connectivity index (χ2n) is 12.2. The molecule has 7 heteroatoms. The Balaban J connectivity index is 1.19. The normalized spacial score (nSPS) is 26.1. The van der Waals surface area contributed by atoms with Gasteiger partial charge in [0.15, 0.2) is 0 Å². The number of carboxylic acid groups (broad SMARTS) is 1. The van der Waals surface area contributed by atoms with Crippen molar-refractivity contribution in [1.82, 2.24) is 9.97 Å². The quantitative estimate of drug-likeness (QED) is 0.308. The Morgan fingerprint density at radius 3 is 2.70 bits per heavy atom. The average Bonchev–Trinajstić information content (AvgIpc) is 3.25. The fraction of sp³-hybridized carbons (Fsp3) is 0.485. The first-order chi connectivity index (χ1) is 19.4. The Labute approximate surface area is 241 Å². The van der Waals surface area contributed by atoms with E-state index >= 15 is 0 Å². The molecule has 6 nitrogen and oxygen atoms in total. The summed E-state index contributed by atoms with van der Waals surface area (Å²) in [5, 5.41) is 14.4. The molecular formula is C33H38ClN3O3. The van der Waals surface area contributed by atoms with Crippen molar-refractivity contribution in [2.75, 3.05) is 11.9 Å². The van der Waals surface area contributed by atoms with Crippen molar-refractivity contribution in [3.05, 3.63) is 82.3 Å². The SMILES string of the molecule is C[C@@H](COc1ncnc2c1CCCC2)CC1Cc2ccccc2C12CCC(Nc1cccc(Cl)c1)(C(=O)O)CC2. The highest BCUT2D eigenvalue weighted by molar-refractivity contribution is 6.30. The van der Waals surface area contributed by atoms with Crippen LogP contribution in [0.1, 0.15) is 74.3 Å². The molecule has 1 heterocycles. The molecule has 1 unspecified atom stereocenters. The minimum Gasteiger partial charge on any atom is -0.480 e. The van der Waals surface area contributed by atoms with Gasteiger partial charge in [-0.15, -0.1) is 0 Å². The van der Waals surface area contributed by atoms with Crippen molar-refractivity contribution in [3.8, 4) is 5.88 Å². The van der Waals surface area contributed by atoms with Crippen molar-refractivity contribution in [2.24, 2.45) is 11.8 Å². The van der Waals surface area contributed by atoms with Crippen molar-refractivity contribution in [1.29, 1.82) is 0 Å².